The van der Waals surface area contributed by atoms with Crippen molar-refractivity contribution >= 4 is 15.9 Å². The number of benzene rings is 1. The lowest BCUT2D eigenvalue weighted by molar-refractivity contribution is -0.137. The first-order valence-electron chi connectivity index (χ1n) is 8.63. The van der Waals surface area contributed by atoms with E-state index in [0.29, 0.717) is 13.1 Å². The lowest BCUT2D eigenvalue weighted by Crippen LogP contribution is -2.51. The Morgan fingerprint density at radius 1 is 1.16 bits per heavy atom. The first kappa shape index (κ1) is 17.9. The first-order chi connectivity index (χ1) is 11.9. The molecule has 1 aromatic carbocycles. The Kier molecular flexibility index (Phi) is 5.15. The van der Waals surface area contributed by atoms with Gasteiger partial charge in [-0.25, -0.2) is 8.42 Å². The number of aromatic hydroxyl groups is 1. The van der Waals surface area contributed by atoms with E-state index in [4.69, 9.17) is 0 Å². The second-order valence-corrected chi connectivity index (χ2v) is 8.59. The van der Waals surface area contributed by atoms with E-state index in [-0.39, 0.29) is 35.6 Å². The van der Waals surface area contributed by atoms with Crippen LogP contribution in [0.4, 0.5) is 0 Å². The van der Waals surface area contributed by atoms with Crippen molar-refractivity contribution in [2.45, 2.75) is 31.1 Å². The number of hydrogen-bond donors (Lipinski definition) is 1. The SMILES string of the molecule is Cc1ccc(O)c(S(=O)(=O)N2CCN(C(=O)C3CC=CCC3)CC2)c1. The minimum absolute atomic E-state index is 0.0222. The molecule has 3 rings (SSSR count). The fourth-order valence-electron chi connectivity index (χ4n) is 3.39. The fraction of sp³-hybridized carbons (Fsp3) is 0.500. The molecule has 2 aliphatic rings. The van der Waals surface area contributed by atoms with Crippen molar-refractivity contribution in [3.63, 3.8) is 0 Å². The van der Waals surface area contributed by atoms with E-state index in [2.05, 4.69) is 6.08 Å². The standard InChI is InChI=1S/C18H24N2O4S/c1-14-7-8-16(21)17(13-14)25(23,24)20-11-9-19(10-12-20)18(22)15-5-3-2-4-6-15/h2-3,7-8,13,15,21H,4-6,9-12H2,1H3. The summed E-state index contributed by atoms with van der Waals surface area (Å²) in [5, 5.41) is 9.93. The number of hydrogen-bond acceptors (Lipinski definition) is 4. The Hall–Kier alpha value is -1.86. The summed E-state index contributed by atoms with van der Waals surface area (Å²) in [5.74, 6) is -0.0909. The number of phenolic OH excluding ortho intramolecular Hbond substituents is 1. The average molecular weight is 364 g/mol. The highest BCUT2D eigenvalue weighted by Crippen LogP contribution is 2.28. The van der Waals surface area contributed by atoms with E-state index in [0.717, 1.165) is 24.8 Å². The number of piperazine rings is 1. The highest BCUT2D eigenvalue weighted by molar-refractivity contribution is 7.89. The lowest BCUT2D eigenvalue weighted by atomic mass is 9.93. The van der Waals surface area contributed by atoms with Gasteiger partial charge in [0.25, 0.3) is 0 Å². The summed E-state index contributed by atoms with van der Waals surface area (Å²) in [6.45, 7) is 3.08. The molecule has 1 aliphatic carbocycles. The van der Waals surface area contributed by atoms with Gasteiger partial charge in [-0.15, -0.1) is 0 Å². The third kappa shape index (κ3) is 3.72. The van der Waals surface area contributed by atoms with Crippen LogP contribution in [0.5, 0.6) is 5.75 Å². The molecule has 7 heteroatoms. The molecule has 1 aliphatic heterocycles. The number of phenols is 1. The number of sulfonamides is 1. The number of allylic oxidation sites excluding steroid dienone is 2. The maximum Gasteiger partial charge on any atom is 0.246 e. The van der Waals surface area contributed by atoms with E-state index in [1.807, 2.05) is 6.08 Å². The van der Waals surface area contributed by atoms with E-state index < -0.39 is 10.0 Å². The van der Waals surface area contributed by atoms with Crippen LogP contribution in [0, 0.1) is 12.8 Å². The fourth-order valence-corrected chi connectivity index (χ4v) is 4.98. The van der Waals surface area contributed by atoms with Crippen LogP contribution in [-0.2, 0) is 14.8 Å². The molecule has 0 radical (unpaired) electrons. The molecular formula is C18H24N2O4S. The highest BCUT2D eigenvalue weighted by Gasteiger charge is 2.33. The van der Waals surface area contributed by atoms with Crippen LogP contribution >= 0.6 is 0 Å². The van der Waals surface area contributed by atoms with E-state index >= 15 is 0 Å². The van der Waals surface area contributed by atoms with Crippen molar-refractivity contribution in [1.82, 2.24) is 9.21 Å². The number of nitrogens with zero attached hydrogens (tertiary/aromatic N) is 2. The summed E-state index contributed by atoms with van der Waals surface area (Å²) in [7, 11) is -3.76. The summed E-state index contributed by atoms with van der Waals surface area (Å²) in [5.41, 5.74) is 0.774. The van der Waals surface area contributed by atoms with Gasteiger partial charge >= 0.3 is 0 Å². The molecule has 1 amide bonds. The summed E-state index contributed by atoms with van der Waals surface area (Å²) < 4.78 is 26.9. The van der Waals surface area contributed by atoms with Gasteiger partial charge in [0.05, 0.1) is 0 Å². The first-order valence-corrected chi connectivity index (χ1v) is 10.1. The Bertz CT molecular complexity index is 780. The van der Waals surface area contributed by atoms with E-state index in [9.17, 15) is 18.3 Å². The van der Waals surface area contributed by atoms with Crippen LogP contribution in [0.1, 0.15) is 24.8 Å². The average Bonchev–Trinajstić information content (AvgIpc) is 2.64. The zero-order chi connectivity index (χ0) is 18.0. The summed E-state index contributed by atoms with van der Waals surface area (Å²) in [6.07, 6.45) is 6.72. The van der Waals surface area contributed by atoms with Gasteiger partial charge in [0.2, 0.25) is 15.9 Å². The zero-order valence-electron chi connectivity index (χ0n) is 14.4. The molecule has 0 aromatic heterocycles. The number of carbonyl (C=O) groups excluding carboxylic acids is 1. The Balaban J connectivity index is 1.68. The van der Waals surface area contributed by atoms with Crippen molar-refractivity contribution in [2.75, 3.05) is 26.2 Å². The predicted octanol–water partition coefficient (Wildman–Crippen LogP) is 1.89. The molecule has 1 atom stereocenters. The zero-order valence-corrected chi connectivity index (χ0v) is 15.2. The third-order valence-electron chi connectivity index (χ3n) is 4.90. The van der Waals surface area contributed by atoms with Gasteiger partial charge in [-0.1, -0.05) is 18.2 Å². The number of rotatable bonds is 3. The molecule has 1 N–H and O–H groups in total. The molecule has 136 valence electrons. The van der Waals surface area contributed by atoms with Gasteiger partial charge < -0.3 is 10.0 Å². The second-order valence-electron chi connectivity index (χ2n) is 6.68. The van der Waals surface area contributed by atoms with Crippen molar-refractivity contribution < 1.29 is 18.3 Å². The van der Waals surface area contributed by atoms with Crippen molar-refractivity contribution in [3.05, 3.63) is 35.9 Å². The molecule has 1 heterocycles. The number of aryl methyl sites for hydroxylation is 1. The smallest absolute Gasteiger partial charge is 0.246 e. The topological polar surface area (TPSA) is 77.9 Å². The maximum absolute atomic E-state index is 12.8. The van der Waals surface area contributed by atoms with Crippen LogP contribution in [0.3, 0.4) is 0 Å². The van der Waals surface area contributed by atoms with Crippen LogP contribution < -0.4 is 0 Å². The van der Waals surface area contributed by atoms with Crippen LogP contribution in [-0.4, -0.2) is 54.8 Å². The molecule has 0 saturated carbocycles. The molecule has 6 nitrogen and oxygen atoms in total. The third-order valence-corrected chi connectivity index (χ3v) is 6.83. The van der Waals surface area contributed by atoms with Crippen LogP contribution in [0.25, 0.3) is 0 Å². The van der Waals surface area contributed by atoms with E-state index in [1.54, 1.807) is 17.9 Å². The van der Waals surface area contributed by atoms with Gasteiger partial charge in [-0.05, 0) is 43.9 Å². The minimum atomic E-state index is -3.76. The summed E-state index contributed by atoms with van der Waals surface area (Å²) in [4.78, 5) is 14.3. The highest BCUT2D eigenvalue weighted by atomic mass is 32.2. The summed E-state index contributed by atoms with van der Waals surface area (Å²) in [6, 6.07) is 4.55. The number of amides is 1. The minimum Gasteiger partial charge on any atom is -0.507 e. The van der Waals surface area contributed by atoms with Crippen molar-refractivity contribution in [3.8, 4) is 5.75 Å². The maximum atomic E-state index is 12.8. The molecule has 1 fully saturated rings. The Labute approximate surface area is 148 Å². The molecule has 25 heavy (non-hydrogen) atoms. The normalized spacial score (nSPS) is 22.1. The van der Waals surface area contributed by atoms with Gasteiger partial charge in [-0.2, -0.15) is 4.31 Å². The van der Waals surface area contributed by atoms with Crippen LogP contribution in [0.15, 0.2) is 35.2 Å². The Morgan fingerprint density at radius 3 is 2.52 bits per heavy atom. The molecule has 1 aromatic rings. The van der Waals surface area contributed by atoms with Crippen molar-refractivity contribution in [1.29, 1.82) is 0 Å². The van der Waals surface area contributed by atoms with Gasteiger partial charge in [0, 0.05) is 32.1 Å². The molecule has 1 unspecified atom stereocenters. The van der Waals surface area contributed by atoms with Gasteiger partial charge in [-0.3, -0.25) is 4.79 Å². The molecule has 1 saturated heterocycles. The second kappa shape index (κ2) is 7.17. The van der Waals surface area contributed by atoms with Crippen molar-refractivity contribution in [2.24, 2.45) is 5.92 Å². The largest absolute Gasteiger partial charge is 0.507 e. The van der Waals surface area contributed by atoms with Gasteiger partial charge in [0.15, 0.2) is 0 Å². The predicted molar refractivity (Wildman–Crippen MR) is 94.7 cm³/mol. The Morgan fingerprint density at radius 2 is 1.88 bits per heavy atom. The quantitative estimate of drug-likeness (QED) is 0.831. The van der Waals surface area contributed by atoms with Gasteiger partial charge in [0.1, 0.15) is 10.6 Å². The lowest BCUT2D eigenvalue weighted by Gasteiger charge is -2.36. The number of carbonyl (C=O) groups is 1. The van der Waals surface area contributed by atoms with Crippen LogP contribution in [0.2, 0.25) is 0 Å². The molecule has 0 bridgehead atoms. The summed E-state index contributed by atoms with van der Waals surface area (Å²) >= 11 is 0. The monoisotopic (exact) mass is 364 g/mol. The molecular weight excluding hydrogens is 340 g/mol. The molecule has 0 spiro atoms. The van der Waals surface area contributed by atoms with E-state index in [1.165, 1.54) is 16.4 Å².